The Labute approximate surface area is 116 Å². The Hall–Kier alpha value is -1.30. The second kappa shape index (κ2) is 4.67. The summed E-state index contributed by atoms with van der Waals surface area (Å²) in [6.45, 7) is 3.37. The highest BCUT2D eigenvalue weighted by Gasteiger charge is 2.26. The number of halogens is 1. The molecule has 1 aliphatic rings. The van der Waals surface area contributed by atoms with Crippen LogP contribution >= 0.6 is 11.6 Å². The van der Waals surface area contributed by atoms with Gasteiger partial charge in [-0.05, 0) is 25.0 Å². The SMILES string of the molecule is CC(N)c1cc(Cl)c2cn[nH]c2c1N1CCC(O)C1. The number of aliphatic hydroxyl groups is 1. The first-order chi connectivity index (χ1) is 9.08. The van der Waals surface area contributed by atoms with E-state index in [9.17, 15) is 5.11 Å². The maximum Gasteiger partial charge on any atom is 0.0902 e. The molecule has 4 N–H and O–H groups in total. The van der Waals surface area contributed by atoms with E-state index in [1.54, 1.807) is 6.20 Å². The third kappa shape index (κ3) is 2.08. The first kappa shape index (κ1) is 12.7. The summed E-state index contributed by atoms with van der Waals surface area (Å²) in [5.74, 6) is 0. The largest absolute Gasteiger partial charge is 0.391 e. The van der Waals surface area contributed by atoms with Crippen molar-refractivity contribution in [1.29, 1.82) is 0 Å². The number of nitrogens with zero attached hydrogens (tertiary/aromatic N) is 2. The van der Waals surface area contributed by atoms with Gasteiger partial charge in [-0.15, -0.1) is 0 Å². The lowest BCUT2D eigenvalue weighted by Crippen LogP contribution is -2.24. The average molecular weight is 281 g/mol. The van der Waals surface area contributed by atoms with Crippen LogP contribution in [0.25, 0.3) is 10.9 Å². The van der Waals surface area contributed by atoms with Crippen LogP contribution in [0.3, 0.4) is 0 Å². The number of aromatic nitrogens is 2. The van der Waals surface area contributed by atoms with Crippen molar-refractivity contribution in [3.8, 4) is 0 Å². The number of anilines is 1. The minimum atomic E-state index is -0.283. The van der Waals surface area contributed by atoms with Crippen molar-refractivity contribution in [2.24, 2.45) is 5.73 Å². The summed E-state index contributed by atoms with van der Waals surface area (Å²) in [7, 11) is 0. The van der Waals surface area contributed by atoms with Crippen molar-refractivity contribution < 1.29 is 5.11 Å². The molecule has 2 atom stereocenters. The van der Waals surface area contributed by atoms with Crippen molar-refractivity contribution in [2.75, 3.05) is 18.0 Å². The number of rotatable bonds is 2. The lowest BCUT2D eigenvalue weighted by molar-refractivity contribution is 0.198. The number of fused-ring (bicyclic) bond motifs is 1. The number of hydrogen-bond acceptors (Lipinski definition) is 4. The fraction of sp³-hybridized carbons (Fsp3) is 0.462. The molecule has 102 valence electrons. The lowest BCUT2D eigenvalue weighted by Gasteiger charge is -2.24. The molecule has 6 heteroatoms. The molecule has 2 aromatic rings. The zero-order chi connectivity index (χ0) is 13.6. The van der Waals surface area contributed by atoms with E-state index in [1.807, 2.05) is 13.0 Å². The van der Waals surface area contributed by atoms with Gasteiger partial charge in [-0.3, -0.25) is 5.10 Å². The molecule has 0 aliphatic carbocycles. The summed E-state index contributed by atoms with van der Waals surface area (Å²) in [6, 6.07) is 1.78. The molecule has 3 rings (SSSR count). The Morgan fingerprint density at radius 1 is 1.63 bits per heavy atom. The standard InChI is InChI=1S/C13H17ClN4O/c1-7(15)9-4-11(14)10-5-16-17-12(10)13(9)18-3-2-8(19)6-18/h4-5,7-8,19H,2-3,6,15H2,1H3,(H,16,17). The smallest absolute Gasteiger partial charge is 0.0902 e. The van der Waals surface area contributed by atoms with Crippen LogP contribution in [0.4, 0.5) is 5.69 Å². The number of hydrogen-bond donors (Lipinski definition) is 3. The monoisotopic (exact) mass is 280 g/mol. The normalized spacial score (nSPS) is 21.3. The van der Waals surface area contributed by atoms with Crippen LogP contribution in [-0.2, 0) is 0 Å². The number of aromatic amines is 1. The molecule has 19 heavy (non-hydrogen) atoms. The minimum Gasteiger partial charge on any atom is -0.391 e. The van der Waals surface area contributed by atoms with Crippen molar-refractivity contribution >= 4 is 28.2 Å². The van der Waals surface area contributed by atoms with E-state index in [1.165, 1.54) is 0 Å². The summed E-state index contributed by atoms with van der Waals surface area (Å²) in [6.07, 6.45) is 2.21. The first-order valence-electron chi connectivity index (χ1n) is 6.42. The van der Waals surface area contributed by atoms with Crippen molar-refractivity contribution in [3.63, 3.8) is 0 Å². The first-order valence-corrected chi connectivity index (χ1v) is 6.79. The van der Waals surface area contributed by atoms with Crippen molar-refractivity contribution in [1.82, 2.24) is 10.2 Å². The van der Waals surface area contributed by atoms with Crippen LogP contribution in [0.5, 0.6) is 0 Å². The van der Waals surface area contributed by atoms with Crippen LogP contribution in [0.2, 0.25) is 5.02 Å². The van der Waals surface area contributed by atoms with E-state index < -0.39 is 0 Å². The number of nitrogens with one attached hydrogen (secondary N) is 1. The number of benzene rings is 1. The van der Waals surface area contributed by atoms with Gasteiger partial charge >= 0.3 is 0 Å². The van der Waals surface area contributed by atoms with Gasteiger partial charge in [0.05, 0.1) is 28.5 Å². The average Bonchev–Trinajstić information content (AvgIpc) is 2.97. The van der Waals surface area contributed by atoms with Crippen LogP contribution in [0.15, 0.2) is 12.3 Å². The van der Waals surface area contributed by atoms with E-state index in [0.29, 0.717) is 11.6 Å². The fourth-order valence-electron chi connectivity index (χ4n) is 2.71. The van der Waals surface area contributed by atoms with Crippen LogP contribution < -0.4 is 10.6 Å². The number of aliphatic hydroxyl groups excluding tert-OH is 1. The molecular formula is C13H17ClN4O. The Morgan fingerprint density at radius 2 is 2.42 bits per heavy atom. The van der Waals surface area contributed by atoms with Crippen LogP contribution in [0.1, 0.15) is 24.9 Å². The van der Waals surface area contributed by atoms with E-state index in [0.717, 1.165) is 35.1 Å². The summed E-state index contributed by atoms with van der Waals surface area (Å²) in [5, 5.41) is 18.4. The fourth-order valence-corrected chi connectivity index (χ4v) is 2.97. The van der Waals surface area contributed by atoms with Crippen molar-refractivity contribution in [2.45, 2.75) is 25.5 Å². The molecule has 2 heterocycles. The van der Waals surface area contributed by atoms with Gasteiger partial charge in [0, 0.05) is 24.5 Å². The molecule has 1 aromatic heterocycles. The molecule has 2 unspecified atom stereocenters. The molecule has 1 saturated heterocycles. The van der Waals surface area contributed by atoms with Gasteiger partial charge in [-0.2, -0.15) is 5.10 Å². The third-order valence-corrected chi connectivity index (χ3v) is 3.97. The zero-order valence-electron chi connectivity index (χ0n) is 10.7. The highest BCUT2D eigenvalue weighted by Crippen LogP contribution is 2.38. The Morgan fingerprint density at radius 3 is 3.05 bits per heavy atom. The predicted molar refractivity (Wildman–Crippen MR) is 76.5 cm³/mol. The molecule has 1 fully saturated rings. The summed E-state index contributed by atoms with van der Waals surface area (Å²) >= 11 is 6.27. The molecule has 1 aromatic carbocycles. The van der Waals surface area contributed by atoms with E-state index in [-0.39, 0.29) is 12.1 Å². The van der Waals surface area contributed by atoms with Crippen LogP contribution in [-0.4, -0.2) is 34.5 Å². The zero-order valence-corrected chi connectivity index (χ0v) is 11.5. The molecule has 5 nitrogen and oxygen atoms in total. The van der Waals surface area contributed by atoms with E-state index >= 15 is 0 Å². The van der Waals surface area contributed by atoms with Gasteiger partial charge in [0.1, 0.15) is 0 Å². The molecular weight excluding hydrogens is 264 g/mol. The van der Waals surface area contributed by atoms with E-state index in [2.05, 4.69) is 15.1 Å². The summed E-state index contributed by atoms with van der Waals surface area (Å²) < 4.78 is 0. The molecule has 0 radical (unpaired) electrons. The molecule has 0 spiro atoms. The maximum absolute atomic E-state index is 9.74. The minimum absolute atomic E-state index is 0.127. The third-order valence-electron chi connectivity index (χ3n) is 3.66. The number of β-amino-alcohol motifs (C(OH)–C–C–N with tert-alkyl or cyclic N) is 1. The topological polar surface area (TPSA) is 78.2 Å². The van der Waals surface area contributed by atoms with Crippen molar-refractivity contribution in [3.05, 3.63) is 22.8 Å². The van der Waals surface area contributed by atoms with Gasteiger partial charge in [-0.1, -0.05) is 11.6 Å². The van der Waals surface area contributed by atoms with Crippen LogP contribution in [0, 0.1) is 0 Å². The van der Waals surface area contributed by atoms with Gasteiger partial charge in [0.15, 0.2) is 0 Å². The Bertz CT molecular complexity index is 610. The van der Waals surface area contributed by atoms with Gasteiger partial charge in [-0.25, -0.2) is 0 Å². The van der Waals surface area contributed by atoms with Gasteiger partial charge in [0.25, 0.3) is 0 Å². The molecule has 1 aliphatic heterocycles. The van der Waals surface area contributed by atoms with Gasteiger partial charge < -0.3 is 15.7 Å². The lowest BCUT2D eigenvalue weighted by atomic mass is 10.0. The Balaban J connectivity index is 2.22. The summed E-state index contributed by atoms with van der Waals surface area (Å²) in [4.78, 5) is 2.15. The second-order valence-corrected chi connectivity index (χ2v) is 5.54. The Kier molecular flexibility index (Phi) is 3.12. The van der Waals surface area contributed by atoms with E-state index in [4.69, 9.17) is 17.3 Å². The highest BCUT2D eigenvalue weighted by atomic mass is 35.5. The quantitative estimate of drug-likeness (QED) is 0.784. The highest BCUT2D eigenvalue weighted by molar-refractivity contribution is 6.36. The molecule has 0 bridgehead atoms. The predicted octanol–water partition coefficient (Wildman–Crippen LogP) is 1.81. The number of H-pyrrole nitrogens is 1. The number of nitrogens with two attached hydrogens (primary N) is 1. The molecule has 0 amide bonds. The van der Waals surface area contributed by atoms with Gasteiger partial charge in [0.2, 0.25) is 0 Å². The second-order valence-electron chi connectivity index (χ2n) is 5.13. The summed E-state index contributed by atoms with van der Waals surface area (Å²) in [5.41, 5.74) is 8.96. The maximum atomic E-state index is 9.74. The molecule has 0 saturated carbocycles.